The highest BCUT2D eigenvalue weighted by molar-refractivity contribution is 8.02. The molecule has 1 atom stereocenters. The van der Waals surface area contributed by atoms with Gasteiger partial charge in [0.2, 0.25) is 0 Å². The Morgan fingerprint density at radius 2 is 0.952 bits per heavy atom. The molecule has 0 amide bonds. The number of phenols is 2. The lowest BCUT2D eigenvalue weighted by Crippen LogP contribution is -2.28. The minimum atomic E-state index is -0.538. The predicted octanol–water partition coefficient (Wildman–Crippen LogP) is 15.5. The van der Waals surface area contributed by atoms with Gasteiger partial charge in [0.05, 0.1) is 0 Å². The lowest BCUT2D eigenvalue weighted by molar-refractivity contribution is -0.157. The van der Waals surface area contributed by atoms with Gasteiger partial charge in [0.1, 0.15) is 24.2 Å². The molecule has 0 aliphatic carbocycles. The van der Waals surface area contributed by atoms with Crippen molar-refractivity contribution in [3.63, 3.8) is 0 Å². The van der Waals surface area contributed by atoms with Crippen molar-refractivity contribution < 1.29 is 29.3 Å². The van der Waals surface area contributed by atoms with Gasteiger partial charge in [0.15, 0.2) is 0 Å². The maximum Gasteiger partial charge on any atom is 0.306 e. The average Bonchev–Trinajstić information content (AvgIpc) is 3.26. The molecule has 0 radical (unpaired) electrons. The summed E-state index contributed by atoms with van der Waals surface area (Å²) in [5, 5.41) is 21.9. The van der Waals surface area contributed by atoms with Gasteiger partial charge in [-0.05, 0) is 110 Å². The molecule has 0 bridgehead atoms. The Morgan fingerprint density at radius 1 is 0.556 bits per heavy atom. The van der Waals surface area contributed by atoms with E-state index in [0.29, 0.717) is 30.1 Å². The van der Waals surface area contributed by atoms with Crippen LogP contribution in [0.2, 0.25) is 0 Å². The molecule has 2 rings (SSSR count). The van der Waals surface area contributed by atoms with Crippen molar-refractivity contribution in [3.8, 4) is 11.5 Å². The minimum absolute atomic E-state index is 0.0256. The summed E-state index contributed by atoms with van der Waals surface area (Å²) in [6, 6.07) is 4.11. The molecule has 2 aromatic rings. The number of carbonyl (C=O) groups is 2. The maximum atomic E-state index is 13.4. The number of thioether (sulfide) groups is 2. The topological polar surface area (TPSA) is 93.1 Å². The number of aromatic hydroxyl groups is 2. The van der Waals surface area contributed by atoms with E-state index in [-0.39, 0.29) is 42.2 Å². The molecule has 360 valence electrons. The zero-order valence-electron chi connectivity index (χ0n) is 42.2. The third-order valence-corrected chi connectivity index (χ3v) is 16.3. The lowest BCUT2D eigenvalue weighted by Gasteiger charge is -2.27. The molecule has 1 unspecified atom stereocenters. The van der Waals surface area contributed by atoms with Crippen molar-refractivity contribution >= 4 is 35.5 Å². The average molecular weight is 913 g/mol. The maximum absolute atomic E-state index is 13.4. The normalized spacial score (nSPS) is 12.5. The summed E-state index contributed by atoms with van der Waals surface area (Å²) >= 11 is 3.75. The Kier molecular flexibility index (Phi) is 27.8. The summed E-state index contributed by atoms with van der Waals surface area (Å²) in [6.07, 6.45) is 24.8. The first-order valence-electron chi connectivity index (χ1n) is 25.2. The Morgan fingerprint density at radius 3 is 1.38 bits per heavy atom. The van der Waals surface area contributed by atoms with Crippen LogP contribution in [-0.4, -0.2) is 57.9 Å². The highest BCUT2D eigenvalue weighted by atomic mass is 32.2. The summed E-state index contributed by atoms with van der Waals surface area (Å²) in [5.74, 6) is 3.79. The van der Waals surface area contributed by atoms with Crippen molar-refractivity contribution in [1.29, 1.82) is 0 Å². The van der Waals surface area contributed by atoms with Gasteiger partial charge in [-0.1, -0.05) is 157 Å². The third kappa shape index (κ3) is 20.8. The molecule has 0 aliphatic rings. The third-order valence-electron chi connectivity index (χ3n) is 13.9. The standard InChI is InChI=1S/C55H92O6S2/c1-12-15-16-17-18-19-20-21-22-23-24-25-26-27-28-29-34-62-35-36-63-40-47(61-51(57)33-31-46-38-49(55(10,11)14-3)53(59)44(7)42(46)5)39-60-50(56)32-30-45-37-48(54(8,9)13-2)52(58)43(6)41(45)4/h37-38,47,58-59H,12-36,39-40H2,1-11H3. The molecular weight excluding hydrogens is 821 g/mol. The van der Waals surface area contributed by atoms with E-state index in [1.807, 2.05) is 39.5 Å². The van der Waals surface area contributed by atoms with Crippen molar-refractivity contribution in [3.05, 3.63) is 56.6 Å². The molecule has 6 nitrogen and oxygen atoms in total. The van der Waals surface area contributed by atoms with Crippen LogP contribution in [0.1, 0.15) is 221 Å². The number of carbonyl (C=O) groups excluding carboxylic acids is 2. The second-order valence-electron chi connectivity index (χ2n) is 19.6. The van der Waals surface area contributed by atoms with Gasteiger partial charge in [0.25, 0.3) is 0 Å². The fourth-order valence-electron chi connectivity index (χ4n) is 8.15. The smallest absolute Gasteiger partial charge is 0.306 e. The van der Waals surface area contributed by atoms with Crippen molar-refractivity contribution in [2.45, 2.75) is 234 Å². The van der Waals surface area contributed by atoms with Gasteiger partial charge in [-0.2, -0.15) is 23.5 Å². The largest absolute Gasteiger partial charge is 0.507 e. The fourth-order valence-corrected chi connectivity index (χ4v) is 10.3. The Hall–Kier alpha value is -2.32. The number of hydrogen-bond acceptors (Lipinski definition) is 8. The molecule has 63 heavy (non-hydrogen) atoms. The SMILES string of the molecule is CCCCCCCCCCCCCCCCCCSCCSCC(COC(=O)CCc1cc(C(C)(C)CC)c(O)c(C)c1C)OC(=O)CCc1cc(C(C)(C)CC)c(O)c(C)c1C. The number of unbranched alkanes of at least 4 members (excludes halogenated alkanes) is 15. The Bertz CT molecular complexity index is 1630. The van der Waals surface area contributed by atoms with Gasteiger partial charge in [-0.25, -0.2) is 0 Å². The Balaban J connectivity index is 1.85. The van der Waals surface area contributed by atoms with E-state index in [2.05, 4.69) is 60.6 Å². The van der Waals surface area contributed by atoms with Crippen molar-refractivity contribution in [1.82, 2.24) is 0 Å². The monoisotopic (exact) mass is 913 g/mol. The van der Waals surface area contributed by atoms with Crippen LogP contribution in [0.3, 0.4) is 0 Å². The van der Waals surface area contributed by atoms with Crippen molar-refractivity contribution in [2.24, 2.45) is 0 Å². The zero-order chi connectivity index (χ0) is 46.8. The zero-order valence-corrected chi connectivity index (χ0v) is 43.8. The van der Waals surface area contributed by atoms with Crippen LogP contribution in [0.25, 0.3) is 0 Å². The summed E-state index contributed by atoms with van der Waals surface area (Å²) in [7, 11) is 0. The molecule has 8 heteroatoms. The Labute approximate surface area is 395 Å². The number of aryl methyl sites for hydroxylation is 2. The van der Waals surface area contributed by atoms with Crippen LogP contribution in [0.4, 0.5) is 0 Å². The van der Waals surface area contributed by atoms with Crippen LogP contribution in [-0.2, 0) is 42.7 Å². The van der Waals surface area contributed by atoms with E-state index in [1.165, 1.54) is 108 Å². The molecule has 0 aromatic heterocycles. The first kappa shape index (κ1) is 56.8. The molecule has 0 saturated carbocycles. The number of hydrogen-bond donors (Lipinski definition) is 2. The number of rotatable bonds is 35. The van der Waals surface area contributed by atoms with Crippen LogP contribution in [0.5, 0.6) is 11.5 Å². The van der Waals surface area contributed by atoms with Crippen LogP contribution in [0.15, 0.2) is 12.1 Å². The van der Waals surface area contributed by atoms with Gasteiger partial charge < -0.3 is 19.7 Å². The lowest BCUT2D eigenvalue weighted by atomic mass is 9.78. The number of benzene rings is 2. The molecule has 0 spiro atoms. The summed E-state index contributed by atoms with van der Waals surface area (Å²) in [4.78, 5) is 26.6. The molecule has 0 fully saturated rings. The second kappa shape index (κ2) is 30.8. The second-order valence-corrected chi connectivity index (χ2v) is 22.0. The van der Waals surface area contributed by atoms with Crippen molar-refractivity contribution in [2.75, 3.05) is 29.6 Å². The van der Waals surface area contributed by atoms with E-state index >= 15 is 0 Å². The first-order valence-corrected chi connectivity index (χ1v) is 27.5. The quantitative estimate of drug-likeness (QED) is 0.0522. The predicted molar refractivity (Wildman–Crippen MR) is 273 cm³/mol. The minimum Gasteiger partial charge on any atom is -0.507 e. The molecule has 0 heterocycles. The first-order chi connectivity index (χ1) is 30.0. The number of ether oxygens (including phenoxy) is 2. The van der Waals surface area contributed by atoms with Gasteiger partial charge in [-0.3, -0.25) is 9.59 Å². The molecular formula is C55H92O6S2. The fraction of sp³-hybridized carbons (Fsp3) is 0.745. The highest BCUT2D eigenvalue weighted by Gasteiger charge is 2.27. The molecule has 2 aromatic carbocycles. The van der Waals surface area contributed by atoms with Gasteiger partial charge in [-0.15, -0.1) is 0 Å². The molecule has 0 saturated heterocycles. The number of esters is 2. The van der Waals surface area contributed by atoms with E-state index < -0.39 is 6.10 Å². The molecule has 2 N–H and O–H groups in total. The highest BCUT2D eigenvalue weighted by Crippen LogP contribution is 2.40. The summed E-state index contributed by atoms with van der Waals surface area (Å²) in [5.41, 5.74) is 7.23. The summed E-state index contributed by atoms with van der Waals surface area (Å²) < 4.78 is 11.8. The number of phenolic OH excluding ortho intramolecular Hbond substituents is 2. The van der Waals surface area contributed by atoms with Crippen LogP contribution < -0.4 is 0 Å². The van der Waals surface area contributed by atoms with E-state index in [1.54, 1.807) is 11.8 Å². The van der Waals surface area contributed by atoms with Gasteiger partial charge >= 0.3 is 11.9 Å². The molecule has 0 aliphatic heterocycles. The van der Waals surface area contributed by atoms with Gasteiger partial charge in [0, 0.05) is 41.2 Å². The summed E-state index contributed by atoms with van der Waals surface area (Å²) in [6.45, 7) is 23.0. The van der Waals surface area contributed by atoms with Crippen LogP contribution >= 0.6 is 23.5 Å². The van der Waals surface area contributed by atoms with E-state index in [9.17, 15) is 19.8 Å². The van der Waals surface area contributed by atoms with E-state index in [0.717, 1.165) is 68.9 Å². The van der Waals surface area contributed by atoms with Crippen LogP contribution in [0, 0.1) is 27.7 Å². The van der Waals surface area contributed by atoms with E-state index in [4.69, 9.17) is 9.47 Å².